The van der Waals surface area contributed by atoms with E-state index in [1.165, 1.54) is 0 Å². The van der Waals surface area contributed by atoms with Crippen molar-refractivity contribution in [2.24, 2.45) is 5.41 Å². The molecule has 0 fully saturated rings. The Morgan fingerprint density at radius 3 is 1.50 bits per heavy atom. The minimum absolute atomic E-state index is 0.361. The van der Waals surface area contributed by atoms with Crippen LogP contribution in [0.1, 0.15) is 20.8 Å². The SMILES string of the molecule is CC(=N)C(C)(C)C(F)(F)F. The second-order valence-electron chi connectivity index (χ2n) is 2.75. The van der Waals surface area contributed by atoms with Gasteiger partial charge in [0.25, 0.3) is 0 Å². The Bertz CT molecular complexity index is 146. The third-order valence-electron chi connectivity index (χ3n) is 1.65. The molecule has 4 heteroatoms. The van der Waals surface area contributed by atoms with E-state index in [0.29, 0.717) is 0 Å². The molecule has 0 aromatic heterocycles. The normalized spacial score (nSPS) is 13.4. The molecule has 60 valence electrons. The molecule has 0 aromatic rings. The molecule has 0 rings (SSSR count). The number of halogens is 3. The summed E-state index contributed by atoms with van der Waals surface area (Å²) in [7, 11) is 0. The van der Waals surface area contributed by atoms with Crippen molar-refractivity contribution in [3.8, 4) is 0 Å². The van der Waals surface area contributed by atoms with Crippen molar-refractivity contribution < 1.29 is 13.2 Å². The van der Waals surface area contributed by atoms with Crippen LogP contribution in [0.4, 0.5) is 13.2 Å². The van der Waals surface area contributed by atoms with Crippen LogP contribution < -0.4 is 0 Å². The summed E-state index contributed by atoms with van der Waals surface area (Å²) in [4.78, 5) is 0. The number of hydrogen-bond acceptors (Lipinski definition) is 1. The van der Waals surface area contributed by atoms with E-state index in [1.54, 1.807) is 0 Å². The molecule has 0 bridgehead atoms. The quantitative estimate of drug-likeness (QED) is 0.560. The summed E-state index contributed by atoms with van der Waals surface area (Å²) < 4.78 is 35.8. The van der Waals surface area contributed by atoms with E-state index in [1.807, 2.05) is 0 Å². The van der Waals surface area contributed by atoms with E-state index >= 15 is 0 Å². The predicted molar refractivity (Wildman–Crippen MR) is 33.2 cm³/mol. The van der Waals surface area contributed by atoms with Gasteiger partial charge in [-0.3, -0.25) is 0 Å². The highest BCUT2D eigenvalue weighted by Crippen LogP contribution is 2.37. The van der Waals surface area contributed by atoms with E-state index in [0.717, 1.165) is 20.8 Å². The van der Waals surface area contributed by atoms with Crippen molar-refractivity contribution in [1.29, 1.82) is 5.41 Å². The molecule has 0 aliphatic carbocycles. The first-order valence-electron chi connectivity index (χ1n) is 2.82. The summed E-state index contributed by atoms with van der Waals surface area (Å²) in [6, 6.07) is 0. The van der Waals surface area contributed by atoms with Crippen LogP contribution in [0, 0.1) is 10.8 Å². The summed E-state index contributed by atoms with van der Waals surface area (Å²) in [5.74, 6) is 0. The number of nitrogens with one attached hydrogen (secondary N) is 1. The van der Waals surface area contributed by atoms with Crippen molar-refractivity contribution >= 4 is 5.71 Å². The van der Waals surface area contributed by atoms with Crippen LogP contribution in [0.25, 0.3) is 0 Å². The minimum Gasteiger partial charge on any atom is -0.309 e. The van der Waals surface area contributed by atoms with E-state index in [9.17, 15) is 13.2 Å². The molecule has 0 aliphatic heterocycles. The maximum Gasteiger partial charge on any atom is 0.399 e. The van der Waals surface area contributed by atoms with Crippen molar-refractivity contribution in [2.45, 2.75) is 26.9 Å². The van der Waals surface area contributed by atoms with Gasteiger partial charge in [0.1, 0.15) is 0 Å². The van der Waals surface area contributed by atoms with Gasteiger partial charge < -0.3 is 5.41 Å². The standard InChI is InChI=1S/C6H10F3N/c1-4(10)5(2,3)6(7,8)9/h10H,1-3H3. The monoisotopic (exact) mass is 153 g/mol. The van der Waals surface area contributed by atoms with Gasteiger partial charge in [0.15, 0.2) is 0 Å². The zero-order valence-corrected chi connectivity index (χ0v) is 6.13. The average molecular weight is 153 g/mol. The first-order chi connectivity index (χ1) is 4.19. The van der Waals surface area contributed by atoms with Crippen LogP contribution in [0.3, 0.4) is 0 Å². The molecule has 0 radical (unpaired) electrons. The average Bonchev–Trinajstić information content (AvgIpc) is 1.62. The fraction of sp³-hybridized carbons (Fsp3) is 0.833. The van der Waals surface area contributed by atoms with Gasteiger partial charge in [-0.2, -0.15) is 13.2 Å². The van der Waals surface area contributed by atoms with E-state index in [2.05, 4.69) is 0 Å². The van der Waals surface area contributed by atoms with Gasteiger partial charge in [-0.1, -0.05) is 0 Å². The zero-order valence-electron chi connectivity index (χ0n) is 6.13. The first-order valence-corrected chi connectivity index (χ1v) is 2.82. The third-order valence-corrected chi connectivity index (χ3v) is 1.65. The van der Waals surface area contributed by atoms with Crippen LogP contribution >= 0.6 is 0 Å². The topological polar surface area (TPSA) is 23.9 Å². The Morgan fingerprint density at radius 1 is 1.20 bits per heavy atom. The molecule has 0 aromatic carbocycles. The molecule has 0 spiro atoms. The molecule has 0 atom stereocenters. The molecule has 0 amide bonds. The second-order valence-corrected chi connectivity index (χ2v) is 2.75. The minimum atomic E-state index is -4.31. The van der Waals surface area contributed by atoms with Crippen molar-refractivity contribution in [1.82, 2.24) is 0 Å². The third kappa shape index (κ3) is 1.49. The molecule has 0 aliphatic rings. The maximum absolute atomic E-state index is 11.9. The second kappa shape index (κ2) is 2.25. The molecule has 0 unspecified atom stereocenters. The fourth-order valence-electron chi connectivity index (χ4n) is 0.213. The summed E-state index contributed by atoms with van der Waals surface area (Å²) in [6.45, 7) is 3.15. The van der Waals surface area contributed by atoms with Gasteiger partial charge in [-0.25, -0.2) is 0 Å². The van der Waals surface area contributed by atoms with Gasteiger partial charge in [0.2, 0.25) is 0 Å². The van der Waals surface area contributed by atoms with Crippen LogP contribution in [-0.4, -0.2) is 11.9 Å². The van der Waals surface area contributed by atoms with Crippen molar-refractivity contribution in [3.05, 3.63) is 0 Å². The zero-order chi connectivity index (χ0) is 8.58. The van der Waals surface area contributed by atoms with Gasteiger partial charge in [-0.05, 0) is 20.8 Å². The van der Waals surface area contributed by atoms with E-state index in [-0.39, 0.29) is 5.71 Å². The largest absolute Gasteiger partial charge is 0.399 e. The van der Waals surface area contributed by atoms with Gasteiger partial charge in [-0.15, -0.1) is 0 Å². The lowest BCUT2D eigenvalue weighted by Gasteiger charge is -2.26. The molecule has 0 saturated heterocycles. The van der Waals surface area contributed by atoms with Crippen LogP contribution in [-0.2, 0) is 0 Å². The summed E-state index contributed by atoms with van der Waals surface area (Å²) in [5, 5.41) is 6.83. The Hall–Kier alpha value is -0.540. The summed E-state index contributed by atoms with van der Waals surface area (Å²) >= 11 is 0. The molecule has 0 heterocycles. The lowest BCUT2D eigenvalue weighted by atomic mass is 9.88. The van der Waals surface area contributed by atoms with Crippen molar-refractivity contribution in [2.75, 3.05) is 0 Å². The molecular weight excluding hydrogens is 143 g/mol. The lowest BCUT2D eigenvalue weighted by molar-refractivity contribution is -0.186. The lowest BCUT2D eigenvalue weighted by Crippen LogP contribution is -2.37. The number of hydrogen-bond donors (Lipinski definition) is 1. The highest BCUT2D eigenvalue weighted by Gasteiger charge is 2.48. The summed E-state index contributed by atoms with van der Waals surface area (Å²) in [6.07, 6.45) is -4.31. The molecule has 10 heavy (non-hydrogen) atoms. The van der Waals surface area contributed by atoms with Gasteiger partial charge >= 0.3 is 6.18 Å². The van der Waals surface area contributed by atoms with E-state index in [4.69, 9.17) is 5.41 Å². The van der Waals surface area contributed by atoms with Crippen LogP contribution in [0.15, 0.2) is 0 Å². The van der Waals surface area contributed by atoms with Crippen LogP contribution in [0.2, 0.25) is 0 Å². The molecule has 1 nitrogen and oxygen atoms in total. The smallest absolute Gasteiger partial charge is 0.309 e. The maximum atomic E-state index is 11.9. The Kier molecular flexibility index (Phi) is 2.13. The fourth-order valence-corrected chi connectivity index (χ4v) is 0.213. The summed E-state index contributed by atoms with van der Waals surface area (Å²) in [5.41, 5.74) is -2.34. The highest BCUT2D eigenvalue weighted by molar-refractivity contribution is 5.85. The van der Waals surface area contributed by atoms with E-state index < -0.39 is 11.6 Å². The Labute approximate surface area is 57.7 Å². The molecule has 0 saturated carbocycles. The molecule has 1 N–H and O–H groups in total. The van der Waals surface area contributed by atoms with Crippen LogP contribution in [0.5, 0.6) is 0 Å². The van der Waals surface area contributed by atoms with Gasteiger partial charge in [0.05, 0.1) is 5.41 Å². The Morgan fingerprint density at radius 2 is 1.50 bits per heavy atom. The van der Waals surface area contributed by atoms with Gasteiger partial charge in [0, 0.05) is 5.71 Å². The van der Waals surface area contributed by atoms with Crippen molar-refractivity contribution in [3.63, 3.8) is 0 Å². The number of alkyl halides is 3. The number of rotatable bonds is 1. The first kappa shape index (κ1) is 9.46. The highest BCUT2D eigenvalue weighted by atomic mass is 19.4. The molecular formula is C6H10F3N. The predicted octanol–water partition coefficient (Wildman–Crippen LogP) is 2.61. The Balaban J connectivity index is 4.57.